The predicted molar refractivity (Wildman–Crippen MR) is 349 cm³/mol. The van der Waals surface area contributed by atoms with Crippen LogP contribution in [0.15, 0.2) is 250 Å². The Morgan fingerprint density at radius 2 is 0.775 bits per heavy atom. The Bertz CT molecular complexity index is 4890. The van der Waals surface area contributed by atoms with E-state index >= 15 is 22.0 Å². The van der Waals surface area contributed by atoms with Crippen molar-refractivity contribution in [3.05, 3.63) is 357 Å². The van der Waals surface area contributed by atoms with Crippen molar-refractivity contribution in [2.75, 3.05) is 9.80 Å². The van der Waals surface area contributed by atoms with E-state index in [0.717, 1.165) is 106 Å². The van der Waals surface area contributed by atoms with E-state index in [-0.39, 0.29) is 0 Å². The van der Waals surface area contributed by atoms with Gasteiger partial charge in [0.05, 0.1) is 16.5 Å². The highest BCUT2D eigenvalue weighted by molar-refractivity contribution is 6.05. The number of anilines is 6. The van der Waals surface area contributed by atoms with Crippen molar-refractivity contribution in [3.63, 3.8) is 0 Å². The van der Waals surface area contributed by atoms with E-state index in [9.17, 15) is 4.39 Å². The van der Waals surface area contributed by atoms with Gasteiger partial charge < -0.3 is 9.80 Å². The quantitative estimate of drug-likeness (QED) is 0.113. The number of benzene rings is 12. The van der Waals surface area contributed by atoms with Crippen molar-refractivity contribution in [1.29, 1.82) is 0 Å². The predicted octanol–water partition coefficient (Wildman–Crippen LogP) is 22.0. The van der Waals surface area contributed by atoms with Gasteiger partial charge in [0.2, 0.25) is 0 Å². The minimum Gasteiger partial charge on any atom is -0.305 e. The van der Waals surface area contributed by atoms with Crippen LogP contribution in [0.25, 0.3) is 56.7 Å². The summed E-state index contributed by atoms with van der Waals surface area (Å²) in [7, 11) is 0. The summed E-state index contributed by atoms with van der Waals surface area (Å²) in [6.07, 6.45) is 3.61. The van der Waals surface area contributed by atoms with E-state index in [1.807, 2.05) is 103 Å². The molecule has 15 rings (SSSR count). The van der Waals surface area contributed by atoms with Crippen molar-refractivity contribution in [1.82, 2.24) is 0 Å². The number of aryl methyl sites for hydroxylation is 3. The van der Waals surface area contributed by atoms with Crippen molar-refractivity contribution >= 4 is 46.3 Å². The highest BCUT2D eigenvalue weighted by Crippen LogP contribution is 2.67. The minimum absolute atomic E-state index is 0.381. The monoisotopic (exact) mass is 1170 g/mol. The van der Waals surface area contributed by atoms with Gasteiger partial charge in [-0.25, -0.2) is 26.3 Å². The average Bonchev–Trinajstić information content (AvgIpc) is 1.51. The standard InChI is InChI=1S/C81H54F6N2/c1-6-50-19-27-54(28-20-50)80(68-40-47(3)16-18-49(68)5)66-14-10-8-12-61(66)63-37-35-60(46-70(63)80)88(78-71(84)42-56(82)43-72(78)85)58-31-23-52(24-32-58)53-25-33-59(34-26-53)89(79-73(86)44-57(83)45-74(79)87)75-39-38-64-62-13-9-11-15-67(62)81(55-29-21-51(7-2)22-30-55)69-41-48(4)17-36-65(69)76(75)77(64)81/h6-46H,1-2H2,3-5H3. The molecule has 0 aliphatic heterocycles. The van der Waals surface area contributed by atoms with Crippen LogP contribution in [-0.4, -0.2) is 0 Å². The maximum absolute atomic E-state index is 16.8. The minimum atomic E-state index is -1.09. The summed E-state index contributed by atoms with van der Waals surface area (Å²) in [4.78, 5) is 3.03. The fourth-order valence-corrected chi connectivity index (χ4v) is 14.7. The topological polar surface area (TPSA) is 6.48 Å². The van der Waals surface area contributed by atoms with Crippen LogP contribution in [0.4, 0.5) is 60.5 Å². The second-order valence-corrected chi connectivity index (χ2v) is 23.4. The SMILES string of the molecule is C=Cc1ccc(C2(c3cc(C)ccc3C)c3ccccc3-c3ccc(N(c4ccc(-c5ccc(N(c6ccc7c8c6-c6ccc(C)cc6C8(c6ccc(C=C)cc6)c6ccccc6-7)c6c(F)cc(F)cc6F)cc5)cc4)c4c(F)cc(F)cc4F)cc32)cc1. The molecular weight excluding hydrogens is 1110 g/mol. The van der Waals surface area contributed by atoms with Gasteiger partial charge in [-0.15, -0.1) is 0 Å². The third-order valence-electron chi connectivity index (χ3n) is 18.5. The van der Waals surface area contributed by atoms with Gasteiger partial charge in [-0.05, 0) is 163 Å². The van der Waals surface area contributed by atoms with Gasteiger partial charge >= 0.3 is 0 Å². The molecule has 0 saturated heterocycles. The fraction of sp³-hybridized carbons (Fsp3) is 0.0617. The molecule has 12 aromatic carbocycles. The highest BCUT2D eigenvalue weighted by Gasteiger charge is 2.54. The van der Waals surface area contributed by atoms with Gasteiger partial charge in [0.1, 0.15) is 23.0 Å². The zero-order valence-electron chi connectivity index (χ0n) is 48.7. The fourth-order valence-electron chi connectivity index (χ4n) is 14.7. The van der Waals surface area contributed by atoms with E-state index in [0.29, 0.717) is 58.1 Å². The van der Waals surface area contributed by atoms with Crippen LogP contribution in [0.2, 0.25) is 0 Å². The third-order valence-corrected chi connectivity index (χ3v) is 18.5. The second kappa shape index (κ2) is 20.7. The van der Waals surface area contributed by atoms with E-state index < -0.39 is 57.1 Å². The van der Waals surface area contributed by atoms with Crippen molar-refractivity contribution in [2.24, 2.45) is 0 Å². The molecule has 2 nitrogen and oxygen atoms in total. The number of fused-ring (bicyclic) bond motifs is 9. The summed E-state index contributed by atoms with van der Waals surface area (Å²) in [5, 5.41) is 0. The average molecular weight is 1170 g/mol. The van der Waals surface area contributed by atoms with Crippen LogP contribution in [0.3, 0.4) is 0 Å². The molecule has 3 aliphatic rings. The van der Waals surface area contributed by atoms with Gasteiger partial charge in [-0.2, -0.15) is 0 Å². The van der Waals surface area contributed by atoms with Gasteiger partial charge in [-0.1, -0.05) is 206 Å². The Labute approximate surface area is 512 Å². The highest BCUT2D eigenvalue weighted by atomic mass is 19.2. The Hall–Kier alpha value is -10.7. The van der Waals surface area contributed by atoms with E-state index in [4.69, 9.17) is 0 Å². The first kappa shape index (κ1) is 54.9. The van der Waals surface area contributed by atoms with E-state index in [1.54, 1.807) is 35.2 Å². The zero-order chi connectivity index (χ0) is 61.2. The Balaban J connectivity index is 0.871. The van der Waals surface area contributed by atoms with Crippen molar-refractivity contribution in [3.8, 4) is 44.5 Å². The Morgan fingerprint density at radius 1 is 0.348 bits per heavy atom. The number of hydrogen-bond acceptors (Lipinski definition) is 2. The number of halogens is 6. The molecule has 89 heavy (non-hydrogen) atoms. The number of rotatable bonds is 12. The summed E-state index contributed by atoms with van der Waals surface area (Å²) in [5.74, 6) is -6.47. The van der Waals surface area contributed by atoms with E-state index in [2.05, 4.69) is 125 Å². The lowest BCUT2D eigenvalue weighted by Gasteiger charge is -2.36. The maximum Gasteiger partial charge on any atom is 0.153 e. The van der Waals surface area contributed by atoms with Crippen molar-refractivity contribution in [2.45, 2.75) is 31.6 Å². The van der Waals surface area contributed by atoms with Crippen LogP contribution >= 0.6 is 0 Å². The van der Waals surface area contributed by atoms with Gasteiger partial charge in [0, 0.05) is 46.9 Å². The molecule has 3 aliphatic carbocycles. The summed E-state index contributed by atoms with van der Waals surface area (Å²) < 4.78 is 96.7. The van der Waals surface area contributed by atoms with E-state index in [1.165, 1.54) is 4.90 Å². The van der Waals surface area contributed by atoms with Gasteiger partial charge in [-0.3, -0.25) is 0 Å². The van der Waals surface area contributed by atoms with Crippen LogP contribution in [0.1, 0.15) is 72.3 Å². The van der Waals surface area contributed by atoms with Crippen LogP contribution < -0.4 is 9.80 Å². The lowest BCUT2D eigenvalue weighted by atomic mass is 9.66. The summed E-state index contributed by atoms with van der Waals surface area (Å²) in [6, 6.07) is 73.0. The first-order valence-electron chi connectivity index (χ1n) is 29.5. The molecule has 0 radical (unpaired) electrons. The lowest BCUT2D eigenvalue weighted by molar-refractivity contribution is 0.544. The summed E-state index contributed by atoms with van der Waals surface area (Å²) >= 11 is 0. The normalized spacial score (nSPS) is 15.4. The third kappa shape index (κ3) is 8.19. The van der Waals surface area contributed by atoms with Crippen LogP contribution in [-0.2, 0) is 10.8 Å². The molecular formula is C81H54F6N2. The molecule has 12 aromatic rings. The van der Waals surface area contributed by atoms with Gasteiger partial charge in [0.25, 0.3) is 0 Å². The maximum atomic E-state index is 16.8. The molecule has 0 saturated carbocycles. The molecule has 0 aromatic heterocycles. The number of nitrogens with zero attached hydrogens (tertiary/aromatic N) is 2. The molecule has 8 heteroatoms. The smallest absolute Gasteiger partial charge is 0.153 e. The van der Waals surface area contributed by atoms with Crippen molar-refractivity contribution < 1.29 is 26.3 Å². The molecule has 2 atom stereocenters. The summed E-state index contributed by atoms with van der Waals surface area (Å²) in [6.45, 7) is 14.2. The first-order chi connectivity index (χ1) is 43.2. The molecule has 0 spiro atoms. The molecule has 0 amide bonds. The second-order valence-electron chi connectivity index (χ2n) is 23.4. The molecule has 0 bridgehead atoms. The molecule has 0 N–H and O–H groups in total. The summed E-state index contributed by atoms with van der Waals surface area (Å²) in [5.41, 5.74) is 19.3. The molecule has 430 valence electrons. The van der Waals surface area contributed by atoms with Crippen LogP contribution in [0.5, 0.6) is 0 Å². The Kier molecular flexibility index (Phi) is 12.8. The molecule has 2 unspecified atom stereocenters. The van der Waals surface area contributed by atoms with Crippen LogP contribution in [0, 0.1) is 55.7 Å². The lowest BCUT2D eigenvalue weighted by Crippen LogP contribution is -2.30. The Morgan fingerprint density at radius 3 is 1.34 bits per heavy atom. The number of hydrogen-bond donors (Lipinski definition) is 0. The van der Waals surface area contributed by atoms with Gasteiger partial charge in [0.15, 0.2) is 23.3 Å². The first-order valence-corrected chi connectivity index (χ1v) is 29.5. The molecule has 0 fully saturated rings. The largest absolute Gasteiger partial charge is 0.305 e. The zero-order valence-corrected chi connectivity index (χ0v) is 48.7. The molecule has 0 heterocycles.